The van der Waals surface area contributed by atoms with Crippen LogP contribution in [0.5, 0.6) is 0 Å². The minimum Gasteiger partial charge on any atom is -0.480 e. The van der Waals surface area contributed by atoms with Gasteiger partial charge in [-0.1, -0.05) is 18.2 Å². The lowest BCUT2D eigenvalue weighted by Crippen LogP contribution is -2.38. The largest absolute Gasteiger partial charge is 0.480 e. The molecule has 21 heavy (non-hydrogen) atoms. The van der Waals surface area contributed by atoms with Gasteiger partial charge in [-0.25, -0.2) is 13.2 Å². The maximum Gasteiger partial charge on any atom is 0.408 e. The van der Waals surface area contributed by atoms with Crippen molar-refractivity contribution in [2.75, 3.05) is 6.61 Å². The summed E-state index contributed by atoms with van der Waals surface area (Å²) in [7, 11) is -3.65. The maximum absolute atomic E-state index is 12.2. The van der Waals surface area contributed by atoms with Gasteiger partial charge in [-0.2, -0.15) is 0 Å². The molecule has 0 saturated carbocycles. The van der Waals surface area contributed by atoms with E-state index in [1.54, 1.807) is 18.2 Å². The molecule has 1 aromatic carbocycles. The lowest BCUT2D eigenvalue weighted by Gasteiger charge is -2.10. The van der Waals surface area contributed by atoms with Crippen LogP contribution in [-0.4, -0.2) is 38.2 Å². The van der Waals surface area contributed by atoms with E-state index >= 15 is 0 Å². The van der Waals surface area contributed by atoms with Crippen molar-refractivity contribution in [2.45, 2.75) is 17.9 Å². The average molecular weight is 311 g/mol. The summed E-state index contributed by atoms with van der Waals surface area (Å²) < 4.78 is 29.1. The third kappa shape index (κ3) is 3.05. The van der Waals surface area contributed by atoms with Gasteiger partial charge in [0.1, 0.15) is 12.6 Å². The quantitative estimate of drug-likeness (QED) is 0.859. The molecule has 112 valence electrons. The fraction of sp³-hybridized carbons (Fsp3) is 0.231. The minimum atomic E-state index is -3.65. The Bertz CT molecular complexity index is 722. The zero-order valence-corrected chi connectivity index (χ0v) is 11.9. The molecule has 1 aromatic rings. The number of carbonyl (C=O) groups is 2. The molecule has 0 aliphatic carbocycles. The van der Waals surface area contributed by atoms with Gasteiger partial charge in [-0.15, -0.1) is 0 Å². The van der Waals surface area contributed by atoms with Gasteiger partial charge >= 0.3 is 12.1 Å². The van der Waals surface area contributed by atoms with Crippen LogP contribution < -0.4 is 5.32 Å². The van der Waals surface area contributed by atoms with Gasteiger partial charge in [-0.3, -0.25) is 4.79 Å². The molecule has 1 atom stereocenters. The van der Waals surface area contributed by atoms with E-state index in [1.807, 2.05) is 0 Å². The summed E-state index contributed by atoms with van der Waals surface area (Å²) in [6, 6.07) is 5.31. The highest BCUT2D eigenvalue weighted by molar-refractivity contribution is 7.95. The molecule has 0 saturated heterocycles. The van der Waals surface area contributed by atoms with Crippen LogP contribution in [0.1, 0.15) is 12.5 Å². The number of rotatable bonds is 4. The van der Waals surface area contributed by atoms with E-state index in [0.29, 0.717) is 5.56 Å². The molecular formula is C13H13NO6S. The number of alkyl carbamates (subject to hydrolysis) is 1. The lowest BCUT2D eigenvalue weighted by atomic mass is 10.2. The van der Waals surface area contributed by atoms with Crippen molar-refractivity contribution < 1.29 is 27.9 Å². The number of carboxylic acid groups (broad SMARTS) is 1. The molecule has 1 heterocycles. The smallest absolute Gasteiger partial charge is 0.408 e. The second-order valence-corrected chi connectivity index (χ2v) is 6.40. The SMILES string of the molecule is CC(NC(=O)OCC1=Cc2ccccc2S1(=O)=O)C(=O)O. The molecule has 1 aliphatic rings. The molecule has 0 radical (unpaired) electrons. The third-order valence-corrected chi connectivity index (χ3v) is 4.80. The molecule has 1 aliphatic heterocycles. The summed E-state index contributed by atoms with van der Waals surface area (Å²) in [4.78, 5) is 22.1. The molecule has 1 unspecified atom stereocenters. The average Bonchev–Trinajstić information content (AvgIpc) is 2.68. The zero-order valence-electron chi connectivity index (χ0n) is 11.1. The molecule has 0 aromatic heterocycles. The number of nitrogens with one attached hydrogen (secondary N) is 1. The number of aliphatic carboxylic acids is 1. The van der Waals surface area contributed by atoms with Gasteiger partial charge in [-0.05, 0) is 24.6 Å². The summed E-state index contributed by atoms with van der Waals surface area (Å²) in [5, 5.41) is 10.7. The predicted molar refractivity (Wildman–Crippen MR) is 73.2 cm³/mol. The first-order chi connectivity index (χ1) is 9.82. The normalized spacial score (nSPS) is 16.5. The first-order valence-corrected chi connectivity index (χ1v) is 7.51. The summed E-state index contributed by atoms with van der Waals surface area (Å²) in [6.07, 6.45) is 0.440. The van der Waals surface area contributed by atoms with Crippen molar-refractivity contribution in [3.05, 3.63) is 34.7 Å². The highest BCUT2D eigenvalue weighted by Crippen LogP contribution is 2.32. The van der Waals surface area contributed by atoms with Crippen molar-refractivity contribution in [1.29, 1.82) is 0 Å². The van der Waals surface area contributed by atoms with Gasteiger partial charge in [0.15, 0.2) is 0 Å². The van der Waals surface area contributed by atoms with Crippen LogP contribution in [-0.2, 0) is 19.4 Å². The van der Waals surface area contributed by atoms with E-state index in [-0.39, 0.29) is 9.80 Å². The van der Waals surface area contributed by atoms with E-state index in [9.17, 15) is 18.0 Å². The van der Waals surface area contributed by atoms with E-state index in [4.69, 9.17) is 9.84 Å². The first kappa shape index (κ1) is 15.0. The molecule has 1 amide bonds. The van der Waals surface area contributed by atoms with Crippen LogP contribution >= 0.6 is 0 Å². The number of benzene rings is 1. The summed E-state index contributed by atoms with van der Waals surface area (Å²) in [6.45, 7) is 0.820. The van der Waals surface area contributed by atoms with Gasteiger partial charge in [0, 0.05) is 0 Å². The number of carboxylic acids is 1. The molecule has 2 rings (SSSR count). The maximum atomic E-state index is 12.2. The number of ether oxygens (including phenoxy) is 1. The number of hydrogen-bond acceptors (Lipinski definition) is 5. The number of fused-ring (bicyclic) bond motifs is 1. The fourth-order valence-electron chi connectivity index (χ4n) is 1.77. The second-order valence-electron chi connectivity index (χ2n) is 4.43. The molecule has 0 fully saturated rings. The van der Waals surface area contributed by atoms with Crippen LogP contribution in [0, 0.1) is 0 Å². The Morgan fingerprint density at radius 1 is 1.33 bits per heavy atom. The van der Waals surface area contributed by atoms with Crippen molar-refractivity contribution in [3.63, 3.8) is 0 Å². The van der Waals surface area contributed by atoms with Crippen LogP contribution in [0.25, 0.3) is 6.08 Å². The Morgan fingerprint density at radius 2 is 2.00 bits per heavy atom. The van der Waals surface area contributed by atoms with Gasteiger partial charge in [0.2, 0.25) is 9.84 Å². The third-order valence-electron chi connectivity index (χ3n) is 2.92. The van der Waals surface area contributed by atoms with Crippen molar-refractivity contribution >= 4 is 28.0 Å². The monoisotopic (exact) mass is 311 g/mol. The second kappa shape index (κ2) is 5.57. The van der Waals surface area contributed by atoms with Gasteiger partial charge < -0.3 is 15.2 Å². The molecule has 2 N–H and O–H groups in total. The van der Waals surface area contributed by atoms with Crippen LogP contribution in [0.4, 0.5) is 4.79 Å². The molecule has 7 nitrogen and oxygen atoms in total. The van der Waals surface area contributed by atoms with Crippen molar-refractivity contribution in [2.24, 2.45) is 0 Å². The van der Waals surface area contributed by atoms with Gasteiger partial charge in [0.25, 0.3) is 0 Å². The van der Waals surface area contributed by atoms with E-state index < -0.39 is 34.5 Å². The number of hydrogen-bond donors (Lipinski definition) is 2. The number of carbonyl (C=O) groups excluding carboxylic acids is 1. The molecule has 8 heteroatoms. The van der Waals surface area contributed by atoms with Gasteiger partial charge in [0.05, 0.1) is 9.80 Å². The highest BCUT2D eigenvalue weighted by atomic mass is 32.2. The lowest BCUT2D eigenvalue weighted by molar-refractivity contribution is -0.138. The summed E-state index contributed by atoms with van der Waals surface area (Å²) in [5.41, 5.74) is 0.537. The Labute approximate surface area is 121 Å². The number of amides is 1. The Hall–Kier alpha value is -2.35. The van der Waals surface area contributed by atoms with E-state index in [2.05, 4.69) is 5.32 Å². The topological polar surface area (TPSA) is 110 Å². The number of sulfone groups is 1. The molecule has 0 spiro atoms. The Kier molecular flexibility index (Phi) is 3.99. The highest BCUT2D eigenvalue weighted by Gasteiger charge is 2.30. The standard InChI is InChI=1S/C13H13NO6S/c1-8(12(15)16)14-13(17)20-7-10-6-9-4-2-3-5-11(9)21(10,18)19/h2-6,8H,7H2,1H3,(H,14,17)(H,15,16). The van der Waals surface area contributed by atoms with E-state index in [1.165, 1.54) is 19.1 Å². The van der Waals surface area contributed by atoms with E-state index in [0.717, 1.165) is 0 Å². The Morgan fingerprint density at radius 3 is 2.62 bits per heavy atom. The predicted octanol–water partition coefficient (Wildman–Crippen LogP) is 1.01. The van der Waals surface area contributed by atoms with Crippen molar-refractivity contribution in [3.8, 4) is 0 Å². The zero-order chi connectivity index (χ0) is 15.6. The fourth-order valence-corrected chi connectivity index (χ4v) is 3.25. The minimum absolute atomic E-state index is 0.0400. The first-order valence-electron chi connectivity index (χ1n) is 6.03. The molecular weight excluding hydrogens is 298 g/mol. The molecule has 0 bridgehead atoms. The van der Waals surface area contributed by atoms with Crippen LogP contribution in [0.15, 0.2) is 34.1 Å². The summed E-state index contributed by atoms with van der Waals surface area (Å²) in [5.74, 6) is -1.22. The Balaban J connectivity index is 2.03. The van der Waals surface area contributed by atoms with Crippen LogP contribution in [0.3, 0.4) is 0 Å². The summed E-state index contributed by atoms with van der Waals surface area (Å²) >= 11 is 0. The van der Waals surface area contributed by atoms with Crippen molar-refractivity contribution in [1.82, 2.24) is 5.32 Å². The van der Waals surface area contributed by atoms with Crippen LogP contribution in [0.2, 0.25) is 0 Å².